The second-order valence-electron chi connectivity index (χ2n) is 5.87. The highest BCUT2D eigenvalue weighted by molar-refractivity contribution is 8.00. The van der Waals surface area contributed by atoms with Crippen molar-refractivity contribution in [3.63, 3.8) is 0 Å². The molecule has 2 amide bonds. The van der Waals surface area contributed by atoms with Crippen LogP contribution < -0.4 is 5.32 Å². The zero-order valence-corrected chi connectivity index (χ0v) is 15.6. The highest BCUT2D eigenvalue weighted by Gasteiger charge is 2.66. The number of ether oxygens (including phenoxy) is 2. The van der Waals surface area contributed by atoms with Crippen LogP contribution in [0.15, 0.2) is 11.3 Å². The van der Waals surface area contributed by atoms with Crippen molar-refractivity contribution in [3.05, 3.63) is 17.1 Å². The molecule has 13 nitrogen and oxygen atoms in total. The lowest BCUT2D eigenvalue weighted by Crippen LogP contribution is -2.80. The third-order valence-corrected chi connectivity index (χ3v) is 5.49. The maximum Gasteiger partial charge on any atom is 0.352 e. The Morgan fingerprint density at radius 2 is 2.21 bits per heavy atom. The fourth-order valence-electron chi connectivity index (χ4n) is 2.90. The van der Waals surface area contributed by atoms with Crippen LogP contribution in [-0.2, 0) is 35.1 Å². The van der Waals surface area contributed by atoms with E-state index in [4.69, 9.17) is 9.47 Å². The van der Waals surface area contributed by atoms with Crippen molar-refractivity contribution >= 4 is 35.5 Å². The average Bonchev–Trinajstić information content (AvgIpc) is 3.15. The van der Waals surface area contributed by atoms with E-state index < -0.39 is 34.9 Å². The highest BCUT2D eigenvalue weighted by atomic mass is 32.2. The maximum absolute atomic E-state index is 12.8. The van der Waals surface area contributed by atoms with Crippen molar-refractivity contribution in [2.45, 2.75) is 24.4 Å². The zero-order chi connectivity index (χ0) is 20.5. The Morgan fingerprint density at radius 1 is 1.46 bits per heavy atom. The number of carboxylic acids is 1. The van der Waals surface area contributed by atoms with E-state index in [1.54, 1.807) is 0 Å². The van der Waals surface area contributed by atoms with E-state index in [0.29, 0.717) is 0 Å². The summed E-state index contributed by atoms with van der Waals surface area (Å²) >= 11 is 1.18. The van der Waals surface area contributed by atoms with Gasteiger partial charge >= 0.3 is 11.9 Å². The number of aliphatic carboxylic acids is 1. The second-order valence-corrected chi connectivity index (χ2v) is 6.94. The summed E-state index contributed by atoms with van der Waals surface area (Å²) in [5.74, 6) is -2.95. The van der Waals surface area contributed by atoms with Crippen LogP contribution in [0.4, 0.5) is 0 Å². The Labute approximate surface area is 161 Å². The van der Waals surface area contributed by atoms with Crippen molar-refractivity contribution in [3.8, 4) is 0 Å². The Kier molecular flexibility index (Phi) is 5.33. The van der Waals surface area contributed by atoms with Gasteiger partial charge in [0.2, 0.25) is 5.91 Å². The Balaban J connectivity index is 1.81. The minimum Gasteiger partial charge on any atom is -0.477 e. The number of β-lactam (4-membered cyclic amide) rings is 1. The van der Waals surface area contributed by atoms with Crippen molar-refractivity contribution in [1.29, 1.82) is 0 Å². The van der Waals surface area contributed by atoms with Crippen LogP contribution in [0.3, 0.4) is 0 Å². The monoisotopic (exact) mass is 412 g/mol. The number of esters is 1. The number of amides is 2. The number of aromatic amines is 1. The first kappa shape index (κ1) is 19.8. The molecule has 1 unspecified atom stereocenters. The van der Waals surface area contributed by atoms with Gasteiger partial charge in [-0.2, -0.15) is 5.21 Å². The summed E-state index contributed by atoms with van der Waals surface area (Å²) in [6.45, 7) is 0.953. The fraction of sp³-hybridized carbons (Fsp3) is 0.500. The molecular weight excluding hydrogens is 396 g/mol. The van der Waals surface area contributed by atoms with Gasteiger partial charge < -0.3 is 19.9 Å². The third kappa shape index (κ3) is 3.31. The lowest BCUT2D eigenvalue weighted by atomic mass is 9.98. The first-order valence-corrected chi connectivity index (χ1v) is 8.97. The summed E-state index contributed by atoms with van der Waals surface area (Å²) in [7, 11) is 1.24. The molecule has 1 saturated heterocycles. The van der Waals surface area contributed by atoms with E-state index in [1.165, 1.54) is 25.8 Å². The van der Waals surface area contributed by atoms with Gasteiger partial charge in [0, 0.05) is 25.4 Å². The largest absolute Gasteiger partial charge is 0.477 e. The molecule has 3 rings (SSSR count). The summed E-state index contributed by atoms with van der Waals surface area (Å²) in [5, 5.41) is 24.1. The number of fused-ring (bicyclic) bond motifs is 1. The molecule has 3 heterocycles. The van der Waals surface area contributed by atoms with Crippen LogP contribution in [-0.4, -0.2) is 85.0 Å². The predicted octanol–water partition coefficient (Wildman–Crippen LogP) is -1.98. The van der Waals surface area contributed by atoms with Gasteiger partial charge in [-0.05, 0) is 0 Å². The molecule has 28 heavy (non-hydrogen) atoms. The molecule has 0 spiro atoms. The van der Waals surface area contributed by atoms with E-state index in [-0.39, 0.29) is 35.9 Å². The zero-order valence-electron chi connectivity index (χ0n) is 14.8. The summed E-state index contributed by atoms with van der Waals surface area (Å²) < 4.78 is 10.2. The summed E-state index contributed by atoms with van der Waals surface area (Å²) in [6.07, 6.45) is -0.244. The summed E-state index contributed by atoms with van der Waals surface area (Å²) in [5.41, 5.74) is -1.73. The number of carbonyl (C=O) groups is 4. The van der Waals surface area contributed by atoms with E-state index in [0.717, 1.165) is 4.90 Å². The number of thioether (sulfide) groups is 1. The van der Waals surface area contributed by atoms with E-state index in [2.05, 4.69) is 25.9 Å². The molecule has 1 fully saturated rings. The molecule has 0 aromatic carbocycles. The Bertz CT molecular complexity index is 856. The van der Waals surface area contributed by atoms with Crippen LogP contribution >= 0.6 is 11.8 Å². The van der Waals surface area contributed by atoms with Gasteiger partial charge in [0.25, 0.3) is 11.6 Å². The van der Waals surface area contributed by atoms with Gasteiger partial charge in [0.05, 0.1) is 6.42 Å². The summed E-state index contributed by atoms with van der Waals surface area (Å²) in [4.78, 5) is 48.8. The number of hydrogen-bond acceptors (Lipinski definition) is 10. The van der Waals surface area contributed by atoms with E-state index in [1.807, 2.05) is 0 Å². The smallest absolute Gasteiger partial charge is 0.352 e. The fourth-order valence-corrected chi connectivity index (χ4v) is 4.32. The molecule has 2 aliphatic rings. The first-order valence-electron chi connectivity index (χ1n) is 7.92. The molecule has 0 bridgehead atoms. The molecule has 0 aliphatic carbocycles. The van der Waals surface area contributed by atoms with Crippen LogP contribution in [0.5, 0.6) is 0 Å². The lowest BCUT2D eigenvalue weighted by molar-refractivity contribution is -0.192. The third-order valence-electron chi connectivity index (χ3n) is 4.12. The number of hydrogen-bond donors (Lipinski definition) is 3. The number of aromatic nitrogens is 4. The molecular formula is C14H16N6O7S. The number of methoxy groups -OCH3 is 1. The van der Waals surface area contributed by atoms with Crippen LogP contribution in [0.1, 0.15) is 12.7 Å². The highest BCUT2D eigenvalue weighted by Crippen LogP contribution is 2.46. The second kappa shape index (κ2) is 7.55. The standard InChI is InChI=1S/C14H16N6O7S/c1-6(21)27-4-7-5-28-13-14(26-2,12(25)20(13)10(7)11(23)24)15-9(22)3-8-16-18-19-17-8/h13H,3-5H2,1-2H3,(H,15,22)(H,23,24)(H,16,17,18,19)/t13-,14?/m1/s1. The van der Waals surface area contributed by atoms with Crippen LogP contribution in [0, 0.1) is 0 Å². The summed E-state index contributed by atoms with van der Waals surface area (Å²) in [6, 6.07) is 0. The molecule has 1 aromatic rings. The number of nitrogens with zero attached hydrogens (tertiary/aromatic N) is 4. The van der Waals surface area contributed by atoms with Gasteiger partial charge in [-0.1, -0.05) is 5.21 Å². The molecule has 14 heteroatoms. The molecule has 1 aromatic heterocycles. The Morgan fingerprint density at radius 3 is 2.79 bits per heavy atom. The number of tetrazole rings is 1. The van der Waals surface area contributed by atoms with Gasteiger partial charge in [-0.25, -0.2) is 4.79 Å². The van der Waals surface area contributed by atoms with Crippen molar-refractivity contribution in [2.24, 2.45) is 0 Å². The molecule has 0 radical (unpaired) electrons. The number of carbonyl (C=O) groups excluding carboxylic acids is 3. The Hall–Kier alpha value is -3.00. The van der Waals surface area contributed by atoms with Gasteiger partial charge in [-0.3, -0.25) is 19.3 Å². The lowest BCUT2D eigenvalue weighted by Gasteiger charge is -2.55. The van der Waals surface area contributed by atoms with Gasteiger partial charge in [0.15, 0.2) is 5.82 Å². The number of rotatable bonds is 7. The number of H-pyrrole nitrogens is 1. The SMILES string of the molecule is COC1(NC(=O)Cc2nn[nH]n2)C(=O)N2C(C(=O)O)=C(COC(C)=O)CS[C@@H]21. The van der Waals surface area contributed by atoms with E-state index >= 15 is 0 Å². The number of nitrogens with one attached hydrogen (secondary N) is 2. The van der Waals surface area contributed by atoms with Crippen molar-refractivity contribution in [2.75, 3.05) is 19.5 Å². The van der Waals surface area contributed by atoms with Gasteiger partial charge in [-0.15, -0.1) is 22.0 Å². The quantitative estimate of drug-likeness (QED) is 0.257. The number of carboxylic acid groups (broad SMARTS) is 1. The van der Waals surface area contributed by atoms with Crippen LogP contribution in [0.25, 0.3) is 0 Å². The van der Waals surface area contributed by atoms with E-state index in [9.17, 15) is 24.3 Å². The molecule has 0 saturated carbocycles. The van der Waals surface area contributed by atoms with Crippen molar-refractivity contribution < 1.29 is 33.8 Å². The maximum atomic E-state index is 12.8. The van der Waals surface area contributed by atoms with Crippen LogP contribution in [0.2, 0.25) is 0 Å². The van der Waals surface area contributed by atoms with Crippen molar-refractivity contribution in [1.82, 2.24) is 30.8 Å². The van der Waals surface area contributed by atoms with Gasteiger partial charge in [0.1, 0.15) is 17.7 Å². The normalized spacial score (nSPS) is 23.7. The average molecular weight is 412 g/mol. The first-order chi connectivity index (χ1) is 13.3. The molecule has 3 N–H and O–H groups in total. The predicted molar refractivity (Wildman–Crippen MR) is 90.2 cm³/mol. The minimum absolute atomic E-state index is 0.124. The molecule has 2 atom stereocenters. The molecule has 2 aliphatic heterocycles. The molecule has 150 valence electrons. The minimum atomic E-state index is -1.72. The topological polar surface area (TPSA) is 177 Å².